The summed E-state index contributed by atoms with van der Waals surface area (Å²) >= 11 is 18.8. The van der Waals surface area contributed by atoms with Gasteiger partial charge in [-0.15, -0.1) is 6.42 Å². The highest BCUT2D eigenvalue weighted by atomic mass is 35.5. The summed E-state index contributed by atoms with van der Waals surface area (Å²) in [6, 6.07) is 3.10. The lowest BCUT2D eigenvalue weighted by Crippen LogP contribution is -2.23. The molecule has 0 saturated carbocycles. The predicted molar refractivity (Wildman–Crippen MR) is 94.3 cm³/mol. The van der Waals surface area contributed by atoms with E-state index in [2.05, 4.69) is 5.92 Å². The summed E-state index contributed by atoms with van der Waals surface area (Å²) in [6.07, 6.45) is 5.20. The molecule has 0 spiro atoms. The van der Waals surface area contributed by atoms with Crippen molar-refractivity contribution in [3.05, 3.63) is 37.7 Å². The molecule has 1 aromatic carbocycles. The van der Waals surface area contributed by atoms with Crippen molar-refractivity contribution in [1.82, 2.24) is 9.36 Å². The van der Waals surface area contributed by atoms with Gasteiger partial charge in [-0.05, 0) is 12.1 Å². The minimum Gasteiger partial charge on any atom is -0.479 e. The Morgan fingerprint density at radius 2 is 1.88 bits per heavy atom. The van der Waals surface area contributed by atoms with Gasteiger partial charge < -0.3 is 9.47 Å². The zero-order chi connectivity index (χ0) is 17.3. The molecule has 0 radical (unpaired) electrons. The van der Waals surface area contributed by atoms with Crippen LogP contribution in [0.2, 0.25) is 15.2 Å². The summed E-state index contributed by atoms with van der Waals surface area (Å²) in [4.78, 5) is 12.8. The molecule has 0 amide bonds. The minimum atomic E-state index is -0.238. The maximum atomic E-state index is 12.8. The summed E-state index contributed by atoms with van der Waals surface area (Å²) in [5, 5.41) is 0.923. The van der Waals surface area contributed by atoms with Crippen molar-refractivity contribution in [2.45, 2.75) is 13.1 Å². The predicted octanol–water partition coefficient (Wildman–Crippen LogP) is 3.32. The highest BCUT2D eigenvalue weighted by molar-refractivity contribution is 6.38. The second-order valence-corrected chi connectivity index (χ2v) is 6.26. The fourth-order valence-electron chi connectivity index (χ4n) is 2.58. The Labute approximate surface area is 153 Å². The van der Waals surface area contributed by atoms with Crippen molar-refractivity contribution < 1.29 is 9.47 Å². The summed E-state index contributed by atoms with van der Waals surface area (Å²) < 4.78 is 14.0. The molecule has 1 aromatic heterocycles. The van der Waals surface area contributed by atoms with Crippen LogP contribution < -0.4 is 10.3 Å². The number of hydrogen-bond donors (Lipinski definition) is 0. The molecule has 1 aliphatic heterocycles. The maximum absolute atomic E-state index is 12.8. The van der Waals surface area contributed by atoms with Gasteiger partial charge in [-0.25, -0.2) is 4.68 Å². The summed E-state index contributed by atoms with van der Waals surface area (Å²) in [6.45, 7) is 1.89. The van der Waals surface area contributed by atoms with E-state index in [9.17, 15) is 4.79 Å². The zero-order valence-corrected chi connectivity index (χ0v) is 14.8. The van der Waals surface area contributed by atoms with Crippen molar-refractivity contribution in [1.29, 1.82) is 0 Å². The normalized spacial score (nSPS) is 13.9. The molecule has 126 valence electrons. The van der Waals surface area contributed by atoms with Gasteiger partial charge >= 0.3 is 0 Å². The molecule has 0 fully saturated rings. The van der Waals surface area contributed by atoms with E-state index in [4.69, 9.17) is 50.7 Å². The van der Waals surface area contributed by atoms with Crippen LogP contribution in [0.4, 0.5) is 0 Å². The summed E-state index contributed by atoms with van der Waals surface area (Å²) in [5.41, 5.74) is 0.528. The average molecular weight is 388 g/mol. The van der Waals surface area contributed by atoms with Gasteiger partial charge in [0.25, 0.3) is 5.56 Å². The SMILES string of the molecule is C#CCOc1cc(-c2c(Cl)n3n(c2=O)CCOCC3)c(Cl)cc1Cl. The third-order valence-corrected chi connectivity index (χ3v) is 4.66. The van der Waals surface area contributed by atoms with Crippen molar-refractivity contribution in [3.8, 4) is 29.2 Å². The van der Waals surface area contributed by atoms with E-state index in [0.717, 1.165) is 0 Å². The van der Waals surface area contributed by atoms with Crippen molar-refractivity contribution in [2.24, 2.45) is 0 Å². The molecule has 1 aliphatic rings. The summed E-state index contributed by atoms with van der Waals surface area (Å²) in [7, 11) is 0. The van der Waals surface area contributed by atoms with Crippen LogP contribution in [-0.2, 0) is 17.8 Å². The van der Waals surface area contributed by atoms with Gasteiger partial charge in [0.2, 0.25) is 0 Å². The van der Waals surface area contributed by atoms with Crippen LogP contribution in [0.5, 0.6) is 5.75 Å². The smallest absolute Gasteiger partial charge is 0.276 e. The lowest BCUT2D eigenvalue weighted by atomic mass is 10.1. The van der Waals surface area contributed by atoms with Gasteiger partial charge in [0, 0.05) is 5.56 Å². The van der Waals surface area contributed by atoms with Crippen LogP contribution in [0.25, 0.3) is 11.1 Å². The topological polar surface area (TPSA) is 45.4 Å². The van der Waals surface area contributed by atoms with Crippen LogP contribution >= 0.6 is 34.8 Å². The van der Waals surface area contributed by atoms with Crippen LogP contribution in [-0.4, -0.2) is 29.2 Å². The molecule has 0 unspecified atom stereocenters. The first-order valence-electron chi connectivity index (χ1n) is 7.17. The number of hydrogen-bond acceptors (Lipinski definition) is 3. The third-order valence-electron chi connectivity index (χ3n) is 3.67. The lowest BCUT2D eigenvalue weighted by Gasteiger charge is -2.09. The number of fused-ring (bicyclic) bond motifs is 1. The van der Waals surface area contributed by atoms with Crippen molar-refractivity contribution >= 4 is 34.8 Å². The molecule has 8 heteroatoms. The summed E-state index contributed by atoms with van der Waals surface area (Å²) in [5.74, 6) is 2.71. The highest BCUT2D eigenvalue weighted by Gasteiger charge is 2.24. The molecule has 5 nitrogen and oxygen atoms in total. The fraction of sp³-hybridized carbons (Fsp3) is 0.312. The molecule has 24 heavy (non-hydrogen) atoms. The number of nitrogens with zero attached hydrogens (tertiary/aromatic N) is 2. The molecule has 0 atom stereocenters. The first kappa shape index (κ1) is 17.2. The molecule has 0 N–H and O–H groups in total. The highest BCUT2D eigenvalue weighted by Crippen LogP contribution is 2.38. The molecular weight excluding hydrogens is 375 g/mol. The van der Waals surface area contributed by atoms with E-state index in [0.29, 0.717) is 58.4 Å². The van der Waals surface area contributed by atoms with Crippen LogP contribution in [0.15, 0.2) is 16.9 Å². The van der Waals surface area contributed by atoms with Gasteiger partial charge in [-0.2, -0.15) is 0 Å². The van der Waals surface area contributed by atoms with Gasteiger partial charge in [-0.1, -0.05) is 40.7 Å². The van der Waals surface area contributed by atoms with Gasteiger partial charge in [0.1, 0.15) is 17.5 Å². The minimum absolute atomic E-state index is 0.0527. The molecule has 2 aromatic rings. The second kappa shape index (κ2) is 7.12. The third kappa shape index (κ3) is 3.03. The van der Waals surface area contributed by atoms with E-state index < -0.39 is 0 Å². The average Bonchev–Trinajstić information content (AvgIpc) is 2.74. The van der Waals surface area contributed by atoms with Crippen LogP contribution in [0, 0.1) is 12.3 Å². The van der Waals surface area contributed by atoms with Gasteiger partial charge in [0.05, 0.1) is 41.9 Å². The Bertz CT molecular complexity index is 880. The van der Waals surface area contributed by atoms with E-state index in [1.165, 1.54) is 6.07 Å². The Morgan fingerprint density at radius 3 is 2.58 bits per heavy atom. The van der Waals surface area contributed by atoms with E-state index in [-0.39, 0.29) is 12.2 Å². The number of ether oxygens (including phenoxy) is 2. The number of aromatic nitrogens is 2. The van der Waals surface area contributed by atoms with Crippen molar-refractivity contribution in [3.63, 3.8) is 0 Å². The largest absolute Gasteiger partial charge is 0.479 e. The second-order valence-electron chi connectivity index (χ2n) is 5.08. The standard InChI is InChI=1S/C16H13Cl3N2O3/c1-2-5-24-13-8-10(11(17)9-12(13)18)14-15(19)20-3-6-23-7-4-21(20)16(14)22/h1,8-9H,3-7H2. The van der Waals surface area contributed by atoms with E-state index in [1.54, 1.807) is 15.4 Å². The molecule has 3 rings (SSSR count). The zero-order valence-electron chi connectivity index (χ0n) is 12.5. The monoisotopic (exact) mass is 386 g/mol. The number of halogens is 3. The van der Waals surface area contributed by atoms with E-state index >= 15 is 0 Å². The van der Waals surface area contributed by atoms with Gasteiger partial charge in [-0.3, -0.25) is 9.48 Å². The molecule has 0 saturated heterocycles. The maximum Gasteiger partial charge on any atom is 0.276 e. The Morgan fingerprint density at radius 1 is 1.17 bits per heavy atom. The number of benzene rings is 1. The number of terminal acetylenes is 1. The van der Waals surface area contributed by atoms with E-state index in [1.807, 2.05) is 0 Å². The Hall–Kier alpha value is -1.58. The Kier molecular flexibility index (Phi) is 5.12. The first-order valence-corrected chi connectivity index (χ1v) is 8.30. The first-order chi connectivity index (χ1) is 11.5. The Balaban J connectivity index is 2.16. The van der Waals surface area contributed by atoms with Crippen LogP contribution in [0.1, 0.15) is 0 Å². The molecule has 2 heterocycles. The lowest BCUT2D eigenvalue weighted by molar-refractivity contribution is 0.137. The fourth-order valence-corrected chi connectivity index (χ4v) is 3.47. The molecular formula is C16H13Cl3N2O3. The molecule has 0 aliphatic carbocycles. The van der Waals surface area contributed by atoms with Crippen molar-refractivity contribution in [2.75, 3.05) is 19.8 Å². The van der Waals surface area contributed by atoms with Gasteiger partial charge in [0.15, 0.2) is 0 Å². The van der Waals surface area contributed by atoms with Crippen LogP contribution in [0.3, 0.4) is 0 Å². The number of rotatable bonds is 3. The quantitative estimate of drug-likeness (QED) is 0.759. The molecule has 0 bridgehead atoms.